The molecule has 1 amide bonds. The first kappa shape index (κ1) is 27.0. The van der Waals surface area contributed by atoms with E-state index in [1.54, 1.807) is 23.1 Å². The number of nitrogens with one attached hydrogen (secondary N) is 1. The molecule has 1 fully saturated rings. The number of carbonyl (C=O) groups is 2. The van der Waals surface area contributed by atoms with Gasteiger partial charge >= 0.3 is 6.09 Å². The zero-order chi connectivity index (χ0) is 26.8. The molecule has 3 aromatic rings. The Labute approximate surface area is 226 Å². The van der Waals surface area contributed by atoms with Gasteiger partial charge in [-0.3, -0.25) is 4.79 Å². The van der Waals surface area contributed by atoms with Gasteiger partial charge in [0, 0.05) is 29.4 Å². The Morgan fingerprint density at radius 3 is 2.65 bits per heavy atom. The summed E-state index contributed by atoms with van der Waals surface area (Å²) in [5, 5.41) is 8.15. The van der Waals surface area contributed by atoms with E-state index in [9.17, 15) is 9.59 Å². The molecule has 37 heavy (non-hydrogen) atoms. The van der Waals surface area contributed by atoms with Crippen LogP contribution < -0.4 is 10.1 Å². The fourth-order valence-corrected chi connectivity index (χ4v) is 5.47. The van der Waals surface area contributed by atoms with E-state index in [4.69, 9.17) is 26.2 Å². The average molecular weight is 545 g/mol. The second-order valence-corrected chi connectivity index (χ2v) is 12.3. The van der Waals surface area contributed by atoms with Crippen molar-refractivity contribution in [1.82, 2.24) is 14.7 Å². The smallest absolute Gasteiger partial charge is 0.410 e. The molecule has 0 spiro atoms. The molecule has 1 aliphatic rings. The van der Waals surface area contributed by atoms with Crippen LogP contribution in [0.1, 0.15) is 61.5 Å². The van der Waals surface area contributed by atoms with Crippen molar-refractivity contribution < 1.29 is 19.1 Å². The molecule has 1 N–H and O–H groups in total. The lowest BCUT2D eigenvalue weighted by atomic mass is 9.79. The van der Waals surface area contributed by atoms with Gasteiger partial charge in [-0.05, 0) is 57.9 Å². The Morgan fingerprint density at radius 1 is 1.22 bits per heavy atom. The molecule has 1 unspecified atom stereocenters. The second kappa shape index (κ2) is 10.8. The lowest BCUT2D eigenvalue weighted by Gasteiger charge is -2.39. The van der Waals surface area contributed by atoms with E-state index in [0.717, 1.165) is 23.4 Å². The monoisotopic (exact) mass is 544 g/mol. The minimum atomic E-state index is -0.574. The molecule has 1 saturated heterocycles. The van der Waals surface area contributed by atoms with E-state index < -0.39 is 11.0 Å². The minimum absolute atomic E-state index is 0.307. The van der Waals surface area contributed by atoms with E-state index in [-0.39, 0.29) is 12.0 Å². The molecule has 0 radical (unpaired) electrons. The Morgan fingerprint density at radius 2 is 1.97 bits per heavy atom. The van der Waals surface area contributed by atoms with Gasteiger partial charge in [0.15, 0.2) is 0 Å². The van der Waals surface area contributed by atoms with Gasteiger partial charge in [0.05, 0.1) is 29.2 Å². The highest BCUT2D eigenvalue weighted by atomic mass is 35.5. The lowest BCUT2D eigenvalue weighted by Crippen LogP contribution is -2.48. The minimum Gasteiger partial charge on any atom is -0.496 e. The first-order valence-electron chi connectivity index (χ1n) is 12.2. The van der Waals surface area contributed by atoms with Crippen LogP contribution >= 0.6 is 22.9 Å². The maximum Gasteiger partial charge on any atom is 0.410 e. The molecule has 1 aromatic carbocycles. The highest BCUT2D eigenvalue weighted by Crippen LogP contribution is 2.35. The van der Waals surface area contributed by atoms with Crippen LogP contribution in [0.4, 0.5) is 10.6 Å². The fourth-order valence-electron chi connectivity index (χ4n) is 4.45. The number of hydrogen-bond donors (Lipinski definition) is 1. The number of nitrogens with zero attached hydrogens (tertiary/aromatic N) is 3. The number of thiophene rings is 1. The normalized spacial score (nSPS) is 17.9. The number of carbonyl (C=O) groups excluding carboxylic acids is 2. The van der Waals surface area contributed by atoms with Crippen molar-refractivity contribution in [2.45, 2.75) is 58.1 Å². The molecular formula is C27H33ClN4O4S. The van der Waals surface area contributed by atoms with Crippen LogP contribution in [-0.2, 0) is 16.7 Å². The summed E-state index contributed by atoms with van der Waals surface area (Å²) in [4.78, 5) is 29.3. The van der Waals surface area contributed by atoms with E-state index in [1.165, 1.54) is 23.1 Å². The molecule has 1 aliphatic heterocycles. The summed E-state index contributed by atoms with van der Waals surface area (Å²) in [5.41, 5.74) is 0.112. The number of piperidine rings is 1. The van der Waals surface area contributed by atoms with Gasteiger partial charge in [0.2, 0.25) is 0 Å². The third-order valence-corrected chi connectivity index (χ3v) is 7.51. The van der Waals surface area contributed by atoms with Crippen LogP contribution in [0.5, 0.6) is 5.75 Å². The summed E-state index contributed by atoms with van der Waals surface area (Å²) in [6, 6.07) is 12.8. The molecule has 0 saturated carbocycles. The van der Waals surface area contributed by atoms with E-state index in [0.29, 0.717) is 41.1 Å². The molecule has 1 atom stereocenters. The number of hydrogen-bond acceptors (Lipinski definition) is 7. The Bertz CT molecular complexity index is 1280. The van der Waals surface area contributed by atoms with Crippen molar-refractivity contribution >= 4 is 40.8 Å². The number of likely N-dealkylation sites (tertiary alicyclic amines) is 1. The number of amides is 1. The van der Waals surface area contributed by atoms with Gasteiger partial charge in [-0.1, -0.05) is 30.7 Å². The number of methoxy groups -OCH3 is 1. The number of aromatic nitrogens is 2. The number of anilines is 1. The van der Waals surface area contributed by atoms with Gasteiger partial charge in [-0.25, -0.2) is 4.79 Å². The standard InChI is InChI=1S/C27H33ClN4O4S/c1-26(2,3)36-25(34)31-14-8-13-27(4,17-31)21-15-23(29-16-18-11-12-22(28)37-18)32(30-21)24(33)19-9-6-7-10-20(19)35-5/h6-7,9-12,15,29H,8,13-14,16-17H2,1-5H3. The fraction of sp³-hybridized carbons (Fsp3) is 0.444. The summed E-state index contributed by atoms with van der Waals surface area (Å²) < 4.78 is 13.1. The van der Waals surface area contributed by atoms with Crippen LogP contribution in [-0.4, -0.2) is 52.5 Å². The Balaban J connectivity index is 1.67. The molecule has 0 bridgehead atoms. The van der Waals surface area contributed by atoms with Crippen molar-refractivity contribution in [3.05, 3.63) is 62.9 Å². The number of benzene rings is 1. The van der Waals surface area contributed by atoms with Crippen molar-refractivity contribution in [1.29, 1.82) is 0 Å². The molecule has 8 nitrogen and oxygen atoms in total. The highest BCUT2D eigenvalue weighted by molar-refractivity contribution is 7.16. The number of ether oxygens (including phenoxy) is 2. The summed E-state index contributed by atoms with van der Waals surface area (Å²) in [7, 11) is 1.54. The van der Waals surface area contributed by atoms with Gasteiger partial charge in [-0.2, -0.15) is 9.78 Å². The molecule has 3 heterocycles. The van der Waals surface area contributed by atoms with E-state index >= 15 is 0 Å². The average Bonchev–Trinajstić information content (AvgIpc) is 3.47. The largest absolute Gasteiger partial charge is 0.496 e. The van der Waals surface area contributed by atoms with Gasteiger partial charge in [-0.15, -0.1) is 11.3 Å². The first-order chi connectivity index (χ1) is 17.5. The third-order valence-electron chi connectivity index (χ3n) is 6.28. The van der Waals surface area contributed by atoms with E-state index in [1.807, 2.05) is 45.0 Å². The lowest BCUT2D eigenvalue weighted by molar-refractivity contribution is 0.0143. The maximum absolute atomic E-state index is 13.7. The van der Waals surface area contributed by atoms with Crippen LogP contribution in [0, 0.1) is 0 Å². The maximum atomic E-state index is 13.7. The predicted molar refractivity (Wildman–Crippen MR) is 146 cm³/mol. The van der Waals surface area contributed by atoms with Crippen LogP contribution in [0.3, 0.4) is 0 Å². The molecule has 4 rings (SSSR count). The highest BCUT2D eigenvalue weighted by Gasteiger charge is 2.39. The number of rotatable bonds is 6. The number of halogens is 1. The third kappa shape index (κ3) is 6.27. The van der Waals surface area contributed by atoms with Gasteiger partial charge in [0.25, 0.3) is 5.91 Å². The molecular weight excluding hydrogens is 512 g/mol. The molecule has 2 aromatic heterocycles. The van der Waals surface area contributed by atoms with E-state index in [2.05, 4.69) is 12.2 Å². The Kier molecular flexibility index (Phi) is 7.85. The van der Waals surface area contributed by atoms with Crippen LogP contribution in [0.15, 0.2) is 42.5 Å². The van der Waals surface area contributed by atoms with Crippen molar-refractivity contribution in [2.24, 2.45) is 0 Å². The second-order valence-electron chi connectivity index (χ2n) is 10.5. The Hall–Kier alpha value is -3.04. The van der Waals surface area contributed by atoms with Crippen molar-refractivity contribution in [3.63, 3.8) is 0 Å². The summed E-state index contributed by atoms with van der Waals surface area (Å²) in [6.45, 7) is 9.21. The summed E-state index contributed by atoms with van der Waals surface area (Å²) in [6.07, 6.45) is 1.29. The van der Waals surface area contributed by atoms with Crippen molar-refractivity contribution in [3.8, 4) is 5.75 Å². The molecule has 0 aliphatic carbocycles. The van der Waals surface area contributed by atoms with Crippen LogP contribution in [0.25, 0.3) is 0 Å². The predicted octanol–water partition coefficient (Wildman–Crippen LogP) is 6.20. The van der Waals surface area contributed by atoms with Crippen molar-refractivity contribution in [2.75, 3.05) is 25.5 Å². The SMILES string of the molecule is COc1ccccc1C(=O)n1nc(C2(C)CCCN(C(=O)OC(C)(C)C)C2)cc1NCc1ccc(Cl)s1. The topological polar surface area (TPSA) is 85.7 Å². The zero-order valence-corrected chi connectivity index (χ0v) is 23.4. The quantitative estimate of drug-likeness (QED) is 0.398. The van der Waals surface area contributed by atoms with Crippen LogP contribution in [0.2, 0.25) is 4.34 Å². The molecule has 10 heteroatoms. The summed E-state index contributed by atoms with van der Waals surface area (Å²) >= 11 is 7.58. The summed E-state index contributed by atoms with van der Waals surface area (Å²) in [5.74, 6) is 0.727. The number of para-hydroxylation sites is 1. The first-order valence-corrected chi connectivity index (χ1v) is 13.4. The van der Waals surface area contributed by atoms with Gasteiger partial charge in [0.1, 0.15) is 17.2 Å². The zero-order valence-electron chi connectivity index (χ0n) is 21.8. The van der Waals surface area contributed by atoms with Gasteiger partial charge < -0.3 is 19.7 Å². The molecule has 198 valence electrons.